The number of carbonyl (C=O) groups excluding carboxylic acids is 1. The summed E-state index contributed by atoms with van der Waals surface area (Å²) in [5, 5.41) is 19.1. The number of ketones is 1. The van der Waals surface area contributed by atoms with Crippen LogP contribution in [-0.2, 0) is 16.1 Å². The zero-order chi connectivity index (χ0) is 23.4. The number of carbonyl (C=O) groups is 1. The molecule has 0 unspecified atom stereocenters. The number of ether oxygens (including phenoxy) is 3. The van der Waals surface area contributed by atoms with Gasteiger partial charge in [0.1, 0.15) is 24.0 Å². The van der Waals surface area contributed by atoms with Crippen molar-refractivity contribution < 1.29 is 19.0 Å². The summed E-state index contributed by atoms with van der Waals surface area (Å²) >= 11 is 0. The van der Waals surface area contributed by atoms with Gasteiger partial charge in [0.25, 0.3) is 0 Å². The summed E-state index contributed by atoms with van der Waals surface area (Å²) in [6.07, 6.45) is 1.71. The first-order chi connectivity index (χ1) is 16.1. The summed E-state index contributed by atoms with van der Waals surface area (Å²) in [6, 6.07) is 16.9. The Morgan fingerprint density at radius 3 is 2.67 bits per heavy atom. The molecule has 2 N–H and O–H groups in total. The lowest BCUT2D eigenvalue weighted by Gasteiger charge is -2.31. The molecule has 7 heteroatoms. The first kappa shape index (κ1) is 22.0. The predicted octanol–water partition coefficient (Wildman–Crippen LogP) is 4.35. The van der Waals surface area contributed by atoms with Gasteiger partial charge in [0, 0.05) is 24.0 Å². The summed E-state index contributed by atoms with van der Waals surface area (Å²) in [6.45, 7) is 2.46. The predicted molar refractivity (Wildman–Crippen MR) is 120 cm³/mol. The molecule has 2 aromatic rings. The van der Waals surface area contributed by atoms with Crippen LogP contribution in [0.3, 0.4) is 0 Å². The Hall–Kier alpha value is -4.23. The molecule has 0 spiro atoms. The van der Waals surface area contributed by atoms with Crippen molar-refractivity contribution in [3.8, 4) is 23.6 Å². The summed E-state index contributed by atoms with van der Waals surface area (Å²) in [7, 11) is 0. The molecule has 1 atom stereocenters. The summed E-state index contributed by atoms with van der Waals surface area (Å²) in [4.78, 5) is 12.8. The lowest BCUT2D eigenvalue weighted by atomic mass is 9.77. The lowest BCUT2D eigenvalue weighted by Crippen LogP contribution is -2.27. The highest BCUT2D eigenvalue weighted by atomic mass is 16.5. The zero-order valence-electron chi connectivity index (χ0n) is 18.3. The van der Waals surface area contributed by atoms with E-state index >= 15 is 0 Å². The molecular weight excluding hydrogens is 418 g/mol. The Labute approximate surface area is 192 Å². The number of rotatable bonds is 6. The van der Waals surface area contributed by atoms with E-state index in [1.807, 2.05) is 19.1 Å². The fourth-order valence-corrected chi connectivity index (χ4v) is 4.19. The van der Waals surface area contributed by atoms with Gasteiger partial charge in [0.15, 0.2) is 17.3 Å². The van der Waals surface area contributed by atoms with Gasteiger partial charge in [-0.3, -0.25) is 4.79 Å². The van der Waals surface area contributed by atoms with Gasteiger partial charge in [-0.1, -0.05) is 24.3 Å². The highest BCUT2D eigenvalue weighted by Gasteiger charge is 2.38. The standard InChI is InChI=1S/C26H23N3O4/c1-2-31-23-12-16(10-11-21(23)32-15-18-7-4-3-6-17(18)13-27)24-19(14-28)26(29)33-22-9-5-8-20(30)25(22)24/h3-4,6-7,10-12,24H,2,5,8-9,15,29H2,1H3/t24-/m0/s1. The molecule has 2 aliphatic rings. The van der Waals surface area contributed by atoms with Crippen LogP contribution in [0.2, 0.25) is 0 Å². The zero-order valence-corrected chi connectivity index (χ0v) is 18.3. The number of hydrogen-bond donors (Lipinski definition) is 1. The van der Waals surface area contributed by atoms with E-state index in [2.05, 4.69) is 12.1 Å². The van der Waals surface area contributed by atoms with Crippen LogP contribution >= 0.6 is 0 Å². The molecule has 0 bridgehead atoms. The van der Waals surface area contributed by atoms with Crippen molar-refractivity contribution in [3.63, 3.8) is 0 Å². The second-order valence-corrected chi connectivity index (χ2v) is 7.74. The van der Waals surface area contributed by atoms with Crippen LogP contribution in [0.25, 0.3) is 0 Å². The molecule has 0 fully saturated rings. The topological polar surface area (TPSA) is 118 Å². The average molecular weight is 441 g/mol. The Kier molecular flexibility index (Phi) is 6.33. The minimum Gasteiger partial charge on any atom is -0.490 e. The molecule has 0 amide bonds. The second kappa shape index (κ2) is 9.50. The average Bonchev–Trinajstić information content (AvgIpc) is 2.83. The second-order valence-electron chi connectivity index (χ2n) is 7.74. The van der Waals surface area contributed by atoms with E-state index in [1.54, 1.807) is 30.3 Å². The van der Waals surface area contributed by atoms with Gasteiger partial charge in [-0.15, -0.1) is 0 Å². The maximum atomic E-state index is 12.8. The molecule has 2 aromatic carbocycles. The van der Waals surface area contributed by atoms with Crippen LogP contribution < -0.4 is 15.2 Å². The number of nitriles is 2. The van der Waals surface area contributed by atoms with E-state index in [4.69, 9.17) is 19.9 Å². The molecule has 0 saturated carbocycles. The van der Waals surface area contributed by atoms with Crippen molar-refractivity contribution in [3.05, 3.63) is 81.9 Å². The Balaban J connectivity index is 1.71. The van der Waals surface area contributed by atoms with Gasteiger partial charge in [0.05, 0.1) is 24.2 Å². The minimum atomic E-state index is -0.612. The highest BCUT2D eigenvalue weighted by molar-refractivity contribution is 5.99. The van der Waals surface area contributed by atoms with E-state index in [-0.39, 0.29) is 23.8 Å². The number of benzene rings is 2. The maximum absolute atomic E-state index is 12.8. The molecular formula is C26H23N3O4. The van der Waals surface area contributed by atoms with E-state index in [0.29, 0.717) is 59.8 Å². The van der Waals surface area contributed by atoms with Crippen LogP contribution in [0.15, 0.2) is 65.3 Å². The van der Waals surface area contributed by atoms with Crippen molar-refractivity contribution in [1.82, 2.24) is 0 Å². The van der Waals surface area contributed by atoms with Crippen molar-refractivity contribution in [2.24, 2.45) is 5.73 Å². The summed E-state index contributed by atoms with van der Waals surface area (Å²) < 4.78 is 17.4. The molecule has 7 nitrogen and oxygen atoms in total. The normalized spacial score (nSPS) is 17.5. The van der Waals surface area contributed by atoms with Crippen LogP contribution in [0.5, 0.6) is 11.5 Å². The van der Waals surface area contributed by atoms with Gasteiger partial charge >= 0.3 is 0 Å². The molecule has 33 heavy (non-hydrogen) atoms. The maximum Gasteiger partial charge on any atom is 0.205 e. The molecule has 4 rings (SSSR count). The number of nitrogens with two attached hydrogens (primary N) is 1. The highest BCUT2D eigenvalue weighted by Crippen LogP contribution is 2.45. The monoisotopic (exact) mass is 441 g/mol. The van der Waals surface area contributed by atoms with Crippen molar-refractivity contribution >= 4 is 5.78 Å². The first-order valence-electron chi connectivity index (χ1n) is 10.8. The van der Waals surface area contributed by atoms with Gasteiger partial charge in [-0.2, -0.15) is 10.5 Å². The smallest absolute Gasteiger partial charge is 0.205 e. The van der Waals surface area contributed by atoms with Gasteiger partial charge in [-0.05, 0) is 37.1 Å². The largest absolute Gasteiger partial charge is 0.490 e. The summed E-state index contributed by atoms with van der Waals surface area (Å²) in [5.74, 6) is 0.908. The molecule has 1 heterocycles. The quantitative estimate of drug-likeness (QED) is 0.708. The van der Waals surface area contributed by atoms with Crippen molar-refractivity contribution in [2.75, 3.05) is 6.61 Å². The third-order valence-corrected chi connectivity index (χ3v) is 5.73. The molecule has 1 aliphatic carbocycles. The van der Waals surface area contributed by atoms with Gasteiger partial charge in [-0.25, -0.2) is 0 Å². The molecule has 1 aliphatic heterocycles. The van der Waals surface area contributed by atoms with E-state index in [9.17, 15) is 15.3 Å². The minimum absolute atomic E-state index is 0.0300. The molecule has 0 aromatic heterocycles. The molecule has 0 radical (unpaired) electrons. The van der Waals surface area contributed by atoms with Crippen LogP contribution in [0.4, 0.5) is 0 Å². The number of Topliss-reactive ketones (excluding diaryl/α,β-unsaturated/α-hetero) is 1. The number of allylic oxidation sites excluding steroid dienone is 3. The van der Waals surface area contributed by atoms with Gasteiger partial charge < -0.3 is 19.9 Å². The van der Waals surface area contributed by atoms with E-state index < -0.39 is 5.92 Å². The fraction of sp³-hybridized carbons (Fsp3) is 0.269. The molecule has 0 saturated heterocycles. The van der Waals surface area contributed by atoms with E-state index in [0.717, 1.165) is 5.56 Å². The summed E-state index contributed by atoms with van der Waals surface area (Å²) in [5.41, 5.74) is 8.76. The lowest BCUT2D eigenvalue weighted by molar-refractivity contribution is -0.116. The fourth-order valence-electron chi connectivity index (χ4n) is 4.19. The van der Waals surface area contributed by atoms with Crippen LogP contribution in [-0.4, -0.2) is 12.4 Å². The Morgan fingerprint density at radius 1 is 1.09 bits per heavy atom. The van der Waals surface area contributed by atoms with Crippen molar-refractivity contribution in [2.45, 2.75) is 38.7 Å². The Morgan fingerprint density at radius 2 is 1.91 bits per heavy atom. The SMILES string of the molecule is CCOc1cc([C@H]2C(C#N)=C(N)OC3=C2C(=O)CCC3)ccc1OCc1ccccc1C#N. The third-order valence-electron chi connectivity index (χ3n) is 5.73. The molecule has 166 valence electrons. The number of nitrogens with zero attached hydrogens (tertiary/aromatic N) is 2. The first-order valence-corrected chi connectivity index (χ1v) is 10.8. The Bertz CT molecular complexity index is 1250. The van der Waals surface area contributed by atoms with Crippen molar-refractivity contribution in [1.29, 1.82) is 10.5 Å². The third kappa shape index (κ3) is 4.26. The number of hydrogen-bond acceptors (Lipinski definition) is 7. The van der Waals surface area contributed by atoms with E-state index in [1.165, 1.54) is 0 Å². The van der Waals surface area contributed by atoms with Gasteiger partial charge in [0.2, 0.25) is 5.88 Å². The van der Waals surface area contributed by atoms with Crippen LogP contribution in [0.1, 0.15) is 48.8 Å². The van der Waals surface area contributed by atoms with Crippen LogP contribution in [0, 0.1) is 22.7 Å².